The summed E-state index contributed by atoms with van der Waals surface area (Å²) in [5, 5.41) is 9.67. The summed E-state index contributed by atoms with van der Waals surface area (Å²) in [6, 6.07) is 24.9. The van der Waals surface area contributed by atoms with Gasteiger partial charge in [-0.15, -0.1) is 11.3 Å². The van der Waals surface area contributed by atoms with Crippen LogP contribution in [-0.4, -0.2) is 23.2 Å². The molecule has 170 valence electrons. The van der Waals surface area contributed by atoms with E-state index >= 15 is 0 Å². The molecule has 10 heteroatoms. The Hall–Kier alpha value is -4.02. The maximum Gasteiger partial charge on any atom is 0.266 e. The smallest absolute Gasteiger partial charge is 0.266 e. The van der Waals surface area contributed by atoms with Gasteiger partial charge >= 0.3 is 0 Å². The van der Waals surface area contributed by atoms with Gasteiger partial charge in [0.2, 0.25) is 0 Å². The van der Waals surface area contributed by atoms with Crippen molar-refractivity contribution in [3.63, 3.8) is 0 Å². The van der Waals surface area contributed by atoms with E-state index in [2.05, 4.69) is 15.0 Å². The molecule has 0 radical (unpaired) electrons. The van der Waals surface area contributed by atoms with E-state index in [0.29, 0.717) is 11.5 Å². The summed E-state index contributed by atoms with van der Waals surface area (Å²) in [7, 11) is -4.11. The highest BCUT2D eigenvalue weighted by Crippen LogP contribution is 2.29. The van der Waals surface area contributed by atoms with Crippen molar-refractivity contribution in [2.45, 2.75) is 4.90 Å². The number of nitrogens with zero attached hydrogens (tertiary/aromatic N) is 3. The van der Waals surface area contributed by atoms with Gasteiger partial charge in [-0.25, -0.2) is 22.5 Å². The van der Waals surface area contributed by atoms with Gasteiger partial charge in [-0.05, 0) is 30.3 Å². The second-order valence-corrected chi connectivity index (χ2v) is 9.79. The Bertz CT molecular complexity index is 1520. The highest BCUT2D eigenvalue weighted by molar-refractivity contribution is 7.93. The van der Waals surface area contributed by atoms with Crippen LogP contribution in [0, 0.1) is 5.82 Å². The molecule has 7 nitrogen and oxygen atoms in total. The number of nitrogens with one attached hydrogen (secondary N) is 2. The molecule has 34 heavy (non-hydrogen) atoms. The predicted octanol–water partition coefficient (Wildman–Crippen LogP) is 5.68. The second-order valence-electron chi connectivity index (χ2n) is 7.24. The number of sulfonamides is 1. The molecule has 0 aliphatic rings. The minimum absolute atomic E-state index is 0.168. The molecule has 0 amide bonds. The molecule has 0 saturated heterocycles. The van der Waals surface area contributed by atoms with Crippen molar-refractivity contribution in [2.24, 2.45) is 0 Å². The number of para-hydroxylation sites is 1. The Morgan fingerprint density at radius 2 is 1.65 bits per heavy atom. The number of thiazole rings is 1. The van der Waals surface area contributed by atoms with Crippen LogP contribution >= 0.6 is 11.3 Å². The molecule has 2 N–H and O–H groups in total. The third-order valence-corrected chi connectivity index (χ3v) is 7.12. The van der Waals surface area contributed by atoms with Crippen molar-refractivity contribution in [3.8, 4) is 16.9 Å². The summed E-state index contributed by atoms with van der Waals surface area (Å²) in [5.74, 6) is -0.288. The molecule has 0 spiro atoms. The minimum atomic E-state index is -4.11. The van der Waals surface area contributed by atoms with Crippen LogP contribution in [0.5, 0.6) is 0 Å². The lowest BCUT2D eigenvalue weighted by Crippen LogP contribution is -2.14. The Balaban J connectivity index is 1.48. The van der Waals surface area contributed by atoms with Gasteiger partial charge in [0.25, 0.3) is 10.0 Å². The molecule has 3 aromatic carbocycles. The summed E-state index contributed by atoms with van der Waals surface area (Å²) in [6.07, 6.45) is 1.46. The summed E-state index contributed by atoms with van der Waals surface area (Å²) in [4.78, 5) is 3.42. The second kappa shape index (κ2) is 9.08. The van der Waals surface area contributed by atoms with E-state index in [9.17, 15) is 12.8 Å². The topological polar surface area (TPSA) is 88.9 Å². The largest absolute Gasteiger partial charge is 0.340 e. The van der Waals surface area contributed by atoms with Gasteiger partial charge in [-0.1, -0.05) is 48.5 Å². The number of hydrogen-bond donors (Lipinski definition) is 2. The van der Waals surface area contributed by atoms with E-state index < -0.39 is 20.7 Å². The monoisotopic (exact) mass is 491 g/mol. The van der Waals surface area contributed by atoms with Crippen LogP contribution in [0.3, 0.4) is 0 Å². The first-order valence-electron chi connectivity index (χ1n) is 10.2. The van der Waals surface area contributed by atoms with E-state index in [4.69, 9.17) is 5.10 Å². The average Bonchev–Trinajstić information content (AvgIpc) is 3.50. The van der Waals surface area contributed by atoms with E-state index in [-0.39, 0.29) is 5.13 Å². The Morgan fingerprint density at radius 1 is 0.912 bits per heavy atom. The zero-order valence-corrected chi connectivity index (χ0v) is 19.2. The van der Waals surface area contributed by atoms with Gasteiger partial charge in [0.05, 0.1) is 11.4 Å². The maximum atomic E-state index is 14.9. The van der Waals surface area contributed by atoms with Crippen LogP contribution in [0.1, 0.15) is 0 Å². The molecule has 2 heterocycles. The third kappa shape index (κ3) is 4.54. The van der Waals surface area contributed by atoms with Crippen LogP contribution < -0.4 is 10.0 Å². The highest BCUT2D eigenvalue weighted by atomic mass is 32.2. The fourth-order valence-corrected chi connectivity index (χ4v) is 5.22. The standard InChI is InChI=1S/C24H18FN5O2S2/c25-20-15-18(11-12-22(20)34(31,32)29-24-26-13-14-33-24)27-23-16-21(17-7-3-1-4-8-17)28-30(23)19-9-5-2-6-10-19/h1-16,27H,(H,26,29). The average molecular weight is 492 g/mol. The van der Waals surface area contributed by atoms with Gasteiger partial charge in [-0.2, -0.15) is 5.10 Å². The van der Waals surface area contributed by atoms with Crippen LogP contribution in [0.2, 0.25) is 0 Å². The van der Waals surface area contributed by atoms with Crippen molar-refractivity contribution in [1.29, 1.82) is 0 Å². The van der Waals surface area contributed by atoms with Gasteiger partial charge in [0.15, 0.2) is 5.13 Å². The zero-order chi connectivity index (χ0) is 23.5. The number of anilines is 3. The first kappa shape index (κ1) is 21.8. The molecule has 2 aromatic heterocycles. The Labute approximate surface area is 199 Å². The molecule has 0 atom stereocenters. The fourth-order valence-electron chi connectivity index (χ4n) is 3.37. The third-order valence-electron chi connectivity index (χ3n) is 4.93. The predicted molar refractivity (Wildman–Crippen MR) is 132 cm³/mol. The number of aromatic nitrogens is 3. The van der Waals surface area contributed by atoms with E-state index in [1.165, 1.54) is 18.3 Å². The first-order valence-corrected chi connectivity index (χ1v) is 12.6. The molecule has 0 fully saturated rings. The van der Waals surface area contributed by atoms with Gasteiger partial charge < -0.3 is 5.32 Å². The summed E-state index contributed by atoms with van der Waals surface area (Å²) >= 11 is 1.11. The molecule has 0 bridgehead atoms. The summed E-state index contributed by atoms with van der Waals surface area (Å²) in [5.41, 5.74) is 2.86. The lowest BCUT2D eigenvalue weighted by molar-refractivity contribution is 0.570. The molecular weight excluding hydrogens is 473 g/mol. The van der Waals surface area contributed by atoms with E-state index in [1.54, 1.807) is 10.1 Å². The normalized spacial score (nSPS) is 11.3. The number of rotatable bonds is 7. The molecule has 0 unspecified atom stereocenters. The van der Waals surface area contributed by atoms with Crippen molar-refractivity contribution in [3.05, 3.63) is 102 Å². The van der Waals surface area contributed by atoms with Crippen molar-refractivity contribution >= 4 is 38.0 Å². The zero-order valence-electron chi connectivity index (χ0n) is 17.6. The van der Waals surface area contributed by atoms with Crippen LogP contribution in [0.25, 0.3) is 16.9 Å². The Morgan fingerprint density at radius 3 is 2.32 bits per heavy atom. The molecule has 0 saturated carbocycles. The molecule has 5 aromatic rings. The Kier molecular flexibility index (Phi) is 5.83. The van der Waals surface area contributed by atoms with Crippen molar-refractivity contribution < 1.29 is 12.8 Å². The molecular formula is C24H18FN5O2S2. The first-order chi connectivity index (χ1) is 16.5. The summed E-state index contributed by atoms with van der Waals surface area (Å²) < 4.78 is 44.0. The maximum absolute atomic E-state index is 14.9. The molecule has 0 aliphatic carbocycles. The van der Waals surface area contributed by atoms with E-state index in [1.807, 2.05) is 66.7 Å². The SMILES string of the molecule is O=S(=O)(Nc1nccs1)c1ccc(Nc2cc(-c3ccccc3)nn2-c2ccccc2)cc1F. The van der Waals surface area contributed by atoms with Crippen LogP contribution in [-0.2, 0) is 10.0 Å². The molecule has 5 rings (SSSR count). The lowest BCUT2D eigenvalue weighted by Gasteiger charge is -2.11. The van der Waals surface area contributed by atoms with Gasteiger partial charge in [0, 0.05) is 28.9 Å². The van der Waals surface area contributed by atoms with Gasteiger partial charge in [0.1, 0.15) is 16.5 Å². The van der Waals surface area contributed by atoms with Crippen molar-refractivity contribution in [1.82, 2.24) is 14.8 Å². The van der Waals surface area contributed by atoms with Crippen LogP contribution in [0.4, 0.5) is 21.0 Å². The van der Waals surface area contributed by atoms with Gasteiger partial charge in [-0.3, -0.25) is 4.72 Å². The minimum Gasteiger partial charge on any atom is -0.340 e. The highest BCUT2D eigenvalue weighted by Gasteiger charge is 2.21. The number of halogens is 1. The van der Waals surface area contributed by atoms with Crippen molar-refractivity contribution in [2.75, 3.05) is 10.0 Å². The molecule has 0 aliphatic heterocycles. The fraction of sp³-hybridized carbons (Fsp3) is 0. The quantitative estimate of drug-likeness (QED) is 0.306. The number of hydrogen-bond acceptors (Lipinski definition) is 6. The van der Waals surface area contributed by atoms with Crippen LogP contribution in [0.15, 0.2) is 101 Å². The lowest BCUT2D eigenvalue weighted by atomic mass is 10.1. The van der Waals surface area contributed by atoms with E-state index in [0.717, 1.165) is 34.3 Å². The number of benzene rings is 3. The summed E-state index contributed by atoms with van der Waals surface area (Å²) in [6.45, 7) is 0.